The van der Waals surface area contributed by atoms with Crippen molar-refractivity contribution in [1.82, 2.24) is 15.1 Å². The Balaban J connectivity index is 1.83. The van der Waals surface area contributed by atoms with Crippen LogP contribution < -0.4 is 11.1 Å². The first-order chi connectivity index (χ1) is 11.1. The van der Waals surface area contributed by atoms with E-state index >= 15 is 0 Å². The summed E-state index contributed by atoms with van der Waals surface area (Å²) in [7, 11) is 0. The van der Waals surface area contributed by atoms with Gasteiger partial charge in [0.05, 0.1) is 11.9 Å². The zero-order valence-corrected chi connectivity index (χ0v) is 13.5. The average Bonchev–Trinajstić information content (AvgIpc) is 3.13. The molecule has 3 rings (SSSR count). The number of anilines is 1. The molecule has 1 aromatic heterocycles. The molecule has 0 bridgehead atoms. The number of amides is 1. The zero-order valence-electron chi connectivity index (χ0n) is 12.7. The van der Waals surface area contributed by atoms with E-state index in [4.69, 9.17) is 11.0 Å². The van der Waals surface area contributed by atoms with Gasteiger partial charge in [-0.05, 0) is 29.9 Å². The van der Waals surface area contributed by atoms with Gasteiger partial charge in [0, 0.05) is 17.4 Å². The fourth-order valence-corrected chi connectivity index (χ4v) is 3.93. The fourth-order valence-electron chi connectivity index (χ4n) is 2.53. The van der Waals surface area contributed by atoms with Crippen molar-refractivity contribution in [3.8, 4) is 11.8 Å². The smallest absolute Gasteiger partial charge is 0.251 e. The Morgan fingerprint density at radius 2 is 2.35 bits per heavy atom. The monoisotopic (exact) mass is 327 g/mol. The highest BCUT2D eigenvalue weighted by atomic mass is 32.2. The summed E-state index contributed by atoms with van der Waals surface area (Å²) in [6.45, 7) is 2.15. The van der Waals surface area contributed by atoms with Gasteiger partial charge >= 0.3 is 0 Å². The first kappa shape index (κ1) is 15.4. The minimum absolute atomic E-state index is 0.0996. The maximum absolute atomic E-state index is 12.4. The summed E-state index contributed by atoms with van der Waals surface area (Å²) in [5.74, 6) is 2.67. The lowest BCUT2D eigenvalue weighted by Crippen LogP contribution is -2.38. The van der Waals surface area contributed by atoms with E-state index in [1.54, 1.807) is 24.3 Å². The maximum atomic E-state index is 12.4. The molecule has 118 valence electrons. The molecule has 1 fully saturated rings. The molecule has 6 nitrogen and oxygen atoms in total. The normalized spacial score (nSPS) is 20.2. The largest absolute Gasteiger partial charge is 0.382 e. The van der Waals surface area contributed by atoms with Gasteiger partial charge in [-0.1, -0.05) is 13.0 Å². The molecule has 7 heteroatoms. The highest BCUT2D eigenvalue weighted by Gasteiger charge is 2.25. The summed E-state index contributed by atoms with van der Waals surface area (Å²) in [5.41, 5.74) is 7.43. The summed E-state index contributed by atoms with van der Waals surface area (Å²) in [5, 5.41) is 16.1. The molecule has 1 saturated heterocycles. The van der Waals surface area contributed by atoms with Gasteiger partial charge in [0.25, 0.3) is 5.91 Å². The summed E-state index contributed by atoms with van der Waals surface area (Å²) in [4.78, 5) is 12.4. The van der Waals surface area contributed by atoms with Crippen molar-refractivity contribution < 1.29 is 4.79 Å². The minimum atomic E-state index is -0.0996. The second kappa shape index (κ2) is 6.34. The maximum Gasteiger partial charge on any atom is 0.251 e. The summed E-state index contributed by atoms with van der Waals surface area (Å²) < 4.78 is 1.46. The number of rotatable bonds is 3. The third-order valence-electron chi connectivity index (χ3n) is 3.96. The Morgan fingerprint density at radius 1 is 1.52 bits per heavy atom. The van der Waals surface area contributed by atoms with Gasteiger partial charge in [0.2, 0.25) is 0 Å². The standard InChI is InChI=1S/C16H17N5OS/c1-10-8-23-9-14(10)20-16(22)11-3-2-4-13(5-11)21-15(18)12(6-17)7-19-21/h2-5,7,10,14H,8-9,18H2,1H3,(H,20,22). The molecule has 2 unspecified atom stereocenters. The second-order valence-corrected chi connectivity index (χ2v) is 6.69. The van der Waals surface area contributed by atoms with Crippen molar-refractivity contribution in [3.63, 3.8) is 0 Å². The second-order valence-electron chi connectivity index (χ2n) is 5.61. The predicted molar refractivity (Wildman–Crippen MR) is 90.4 cm³/mol. The fraction of sp³-hybridized carbons (Fsp3) is 0.312. The van der Waals surface area contributed by atoms with Crippen LogP contribution in [0.1, 0.15) is 22.8 Å². The Morgan fingerprint density at radius 3 is 3.00 bits per heavy atom. The molecule has 2 atom stereocenters. The molecule has 1 aliphatic heterocycles. The van der Waals surface area contributed by atoms with Crippen molar-refractivity contribution in [2.75, 3.05) is 17.2 Å². The van der Waals surface area contributed by atoms with Crippen molar-refractivity contribution in [2.24, 2.45) is 5.92 Å². The summed E-state index contributed by atoms with van der Waals surface area (Å²) >= 11 is 1.86. The van der Waals surface area contributed by atoms with Crippen LogP contribution in [0.15, 0.2) is 30.5 Å². The van der Waals surface area contributed by atoms with Crippen LogP contribution in [0.3, 0.4) is 0 Å². The number of nitrogen functional groups attached to an aromatic ring is 1. The van der Waals surface area contributed by atoms with Crippen LogP contribution in [-0.4, -0.2) is 33.2 Å². The number of nitrogens with zero attached hydrogens (tertiary/aromatic N) is 3. The molecule has 23 heavy (non-hydrogen) atoms. The highest BCUT2D eigenvalue weighted by Crippen LogP contribution is 2.24. The first-order valence-corrected chi connectivity index (χ1v) is 8.48. The van der Waals surface area contributed by atoms with Crippen molar-refractivity contribution in [1.29, 1.82) is 5.26 Å². The number of nitriles is 1. The lowest BCUT2D eigenvalue weighted by atomic mass is 10.1. The zero-order chi connectivity index (χ0) is 16.4. The molecule has 3 N–H and O–H groups in total. The number of benzene rings is 1. The van der Waals surface area contributed by atoms with Gasteiger partial charge < -0.3 is 11.1 Å². The van der Waals surface area contributed by atoms with Gasteiger partial charge in [0.15, 0.2) is 0 Å². The number of thioether (sulfide) groups is 1. The number of hydrogen-bond donors (Lipinski definition) is 2. The van der Waals surface area contributed by atoms with E-state index in [1.807, 2.05) is 17.8 Å². The number of nitrogens with two attached hydrogens (primary N) is 1. The third kappa shape index (κ3) is 3.03. The molecule has 1 aromatic carbocycles. The SMILES string of the molecule is CC1CSCC1NC(=O)c1cccc(-n2ncc(C#N)c2N)c1. The Kier molecular flexibility index (Phi) is 4.26. The number of aromatic nitrogens is 2. The highest BCUT2D eigenvalue weighted by molar-refractivity contribution is 7.99. The Bertz CT molecular complexity index is 779. The van der Waals surface area contributed by atoms with Crippen LogP contribution >= 0.6 is 11.8 Å². The van der Waals surface area contributed by atoms with Crippen LogP contribution in [-0.2, 0) is 0 Å². The number of carbonyl (C=O) groups is 1. The van der Waals surface area contributed by atoms with Crippen LogP contribution in [0.5, 0.6) is 0 Å². The van der Waals surface area contributed by atoms with E-state index in [9.17, 15) is 4.79 Å². The molecule has 0 radical (unpaired) electrons. The van der Waals surface area contributed by atoms with E-state index in [0.717, 1.165) is 11.5 Å². The topological polar surface area (TPSA) is 96.7 Å². The molecule has 0 aliphatic carbocycles. The van der Waals surface area contributed by atoms with Gasteiger partial charge in [-0.2, -0.15) is 22.1 Å². The third-order valence-corrected chi connectivity index (χ3v) is 5.32. The van der Waals surface area contributed by atoms with E-state index in [-0.39, 0.29) is 17.8 Å². The van der Waals surface area contributed by atoms with Gasteiger partial charge in [0.1, 0.15) is 17.5 Å². The van der Waals surface area contributed by atoms with Crippen LogP contribution in [0, 0.1) is 17.2 Å². The Labute approximate surface area is 138 Å². The van der Waals surface area contributed by atoms with Gasteiger partial charge in [-0.25, -0.2) is 4.68 Å². The minimum Gasteiger partial charge on any atom is -0.382 e. The van der Waals surface area contributed by atoms with Crippen LogP contribution in [0.4, 0.5) is 5.82 Å². The lowest BCUT2D eigenvalue weighted by molar-refractivity contribution is 0.0933. The Hall–Kier alpha value is -2.46. The molecular formula is C16H17N5OS. The van der Waals surface area contributed by atoms with Crippen molar-refractivity contribution in [3.05, 3.63) is 41.6 Å². The average molecular weight is 327 g/mol. The molecule has 0 saturated carbocycles. The van der Waals surface area contributed by atoms with Crippen LogP contribution in [0.25, 0.3) is 5.69 Å². The lowest BCUT2D eigenvalue weighted by Gasteiger charge is -2.16. The molecular weight excluding hydrogens is 310 g/mol. The molecule has 1 aliphatic rings. The van der Waals surface area contributed by atoms with Gasteiger partial charge in [-0.15, -0.1) is 0 Å². The first-order valence-electron chi connectivity index (χ1n) is 7.33. The van der Waals surface area contributed by atoms with E-state index in [2.05, 4.69) is 17.3 Å². The predicted octanol–water partition coefficient (Wildman–Crippen LogP) is 1.81. The molecule has 2 heterocycles. The van der Waals surface area contributed by atoms with Crippen LogP contribution in [0.2, 0.25) is 0 Å². The number of nitrogens with one attached hydrogen (secondary N) is 1. The van der Waals surface area contributed by atoms with E-state index in [1.165, 1.54) is 10.9 Å². The molecule has 2 aromatic rings. The van der Waals surface area contributed by atoms with Crippen molar-refractivity contribution in [2.45, 2.75) is 13.0 Å². The quantitative estimate of drug-likeness (QED) is 0.896. The summed E-state index contributed by atoms with van der Waals surface area (Å²) in [6.07, 6.45) is 1.42. The number of hydrogen-bond acceptors (Lipinski definition) is 5. The summed E-state index contributed by atoms with van der Waals surface area (Å²) in [6, 6.07) is 9.26. The van der Waals surface area contributed by atoms with Gasteiger partial charge in [-0.3, -0.25) is 4.79 Å². The van der Waals surface area contributed by atoms with Crippen molar-refractivity contribution >= 4 is 23.5 Å². The molecule has 0 spiro atoms. The molecule has 1 amide bonds. The van der Waals surface area contributed by atoms with E-state index in [0.29, 0.717) is 22.7 Å². The van der Waals surface area contributed by atoms with E-state index < -0.39 is 0 Å². The number of carbonyl (C=O) groups excluding carboxylic acids is 1.